The van der Waals surface area contributed by atoms with Crippen molar-refractivity contribution in [2.45, 2.75) is 82.8 Å². The monoisotopic (exact) mass is 542 g/mol. The Morgan fingerprint density at radius 1 is 1.18 bits per heavy atom. The van der Waals surface area contributed by atoms with E-state index in [0.717, 1.165) is 61.1 Å². The van der Waals surface area contributed by atoms with Crippen molar-refractivity contribution in [2.75, 3.05) is 13.1 Å². The molecule has 2 fully saturated rings. The Bertz CT molecular complexity index is 1300. The number of halogens is 2. The van der Waals surface area contributed by atoms with E-state index in [1.54, 1.807) is 4.68 Å². The summed E-state index contributed by atoms with van der Waals surface area (Å²) in [5, 5.41) is 5.95. The molecule has 1 atom stereocenters. The predicted octanol–water partition coefficient (Wildman–Crippen LogP) is 6.42. The molecular formula is C29H36F2N4O2S. The largest absolute Gasteiger partial charge is 0.466 e. The first kappa shape index (κ1) is 25.9. The van der Waals surface area contributed by atoms with E-state index in [0.29, 0.717) is 29.9 Å². The second-order valence-electron chi connectivity index (χ2n) is 11.6. The minimum atomic E-state index is -2.60. The second kappa shape index (κ2) is 10.6. The minimum absolute atomic E-state index is 0.0866. The highest BCUT2D eigenvalue weighted by molar-refractivity contribution is 7.13. The van der Waals surface area contributed by atoms with Gasteiger partial charge in [0, 0.05) is 61.4 Å². The number of hydrogen-bond acceptors (Lipinski definition) is 6. The van der Waals surface area contributed by atoms with Gasteiger partial charge in [0.25, 0.3) is 11.1 Å². The molecule has 2 saturated carbocycles. The molecule has 6 rings (SSSR count). The topological polar surface area (TPSA) is 60.2 Å². The maximum Gasteiger partial charge on any atom is 0.273 e. The predicted molar refractivity (Wildman–Crippen MR) is 144 cm³/mol. The first-order valence-electron chi connectivity index (χ1n) is 14.0. The fourth-order valence-electron chi connectivity index (χ4n) is 6.49. The van der Waals surface area contributed by atoms with Crippen LogP contribution in [0.25, 0.3) is 10.9 Å². The Morgan fingerprint density at radius 2 is 2.00 bits per heavy atom. The van der Waals surface area contributed by atoms with Crippen LogP contribution in [-0.2, 0) is 20.0 Å². The SMILES string of the molecule is Cn1cc2c(C(=O)CC3CCC(CCN4CCc5sc(OC6CCC(F)(F)C6)nc5C4)CC3)cccc2n1. The molecule has 6 nitrogen and oxygen atoms in total. The number of fused-ring (bicyclic) bond motifs is 2. The summed E-state index contributed by atoms with van der Waals surface area (Å²) in [6, 6.07) is 5.83. The van der Waals surface area contributed by atoms with Crippen molar-refractivity contribution >= 4 is 28.0 Å². The smallest absolute Gasteiger partial charge is 0.273 e. The van der Waals surface area contributed by atoms with Gasteiger partial charge in [-0.2, -0.15) is 5.10 Å². The number of aromatic nitrogens is 3. The average Bonchev–Trinajstić information content (AvgIpc) is 3.57. The van der Waals surface area contributed by atoms with Crippen LogP contribution in [0.4, 0.5) is 8.78 Å². The Morgan fingerprint density at radius 3 is 2.79 bits per heavy atom. The van der Waals surface area contributed by atoms with Gasteiger partial charge in [-0.25, -0.2) is 13.8 Å². The zero-order chi connectivity index (χ0) is 26.3. The van der Waals surface area contributed by atoms with Crippen LogP contribution in [0.1, 0.15) is 78.7 Å². The van der Waals surface area contributed by atoms with Crippen molar-refractivity contribution in [2.24, 2.45) is 18.9 Å². The number of thiazole rings is 1. The molecule has 1 aliphatic heterocycles. The summed E-state index contributed by atoms with van der Waals surface area (Å²) in [4.78, 5) is 21.5. The number of Topliss-reactive ketones (excluding diaryl/α,β-unsaturated/α-hetero) is 1. The van der Waals surface area contributed by atoms with Gasteiger partial charge < -0.3 is 4.74 Å². The van der Waals surface area contributed by atoms with E-state index in [2.05, 4.69) is 15.0 Å². The molecule has 9 heteroatoms. The van der Waals surface area contributed by atoms with E-state index >= 15 is 0 Å². The van der Waals surface area contributed by atoms with Crippen molar-refractivity contribution in [3.63, 3.8) is 0 Å². The average molecular weight is 543 g/mol. The fraction of sp³-hybridized carbons (Fsp3) is 0.621. The van der Waals surface area contributed by atoms with E-state index in [1.165, 1.54) is 35.5 Å². The lowest BCUT2D eigenvalue weighted by atomic mass is 9.78. The zero-order valence-electron chi connectivity index (χ0n) is 22.0. The number of nitrogens with zero attached hydrogens (tertiary/aromatic N) is 4. The van der Waals surface area contributed by atoms with E-state index < -0.39 is 12.0 Å². The first-order valence-corrected chi connectivity index (χ1v) is 14.8. The molecule has 0 saturated heterocycles. The molecule has 0 bridgehead atoms. The van der Waals surface area contributed by atoms with Crippen molar-refractivity contribution in [3.8, 4) is 5.19 Å². The molecule has 204 valence electrons. The summed E-state index contributed by atoms with van der Waals surface area (Å²) in [7, 11) is 1.89. The first-order chi connectivity index (χ1) is 18.3. The maximum absolute atomic E-state index is 13.5. The highest BCUT2D eigenvalue weighted by atomic mass is 32.1. The van der Waals surface area contributed by atoms with Gasteiger partial charge in [0.05, 0.1) is 11.2 Å². The van der Waals surface area contributed by atoms with Gasteiger partial charge in [0.2, 0.25) is 0 Å². The molecule has 3 heterocycles. The van der Waals surface area contributed by atoms with Crippen molar-refractivity contribution in [3.05, 3.63) is 40.5 Å². The Kier molecular flexibility index (Phi) is 7.24. The van der Waals surface area contributed by atoms with E-state index in [9.17, 15) is 13.6 Å². The molecule has 38 heavy (non-hydrogen) atoms. The molecule has 1 aromatic carbocycles. The van der Waals surface area contributed by atoms with Gasteiger partial charge >= 0.3 is 0 Å². The Hall–Kier alpha value is -2.39. The van der Waals surface area contributed by atoms with E-state index in [-0.39, 0.29) is 18.6 Å². The fourth-order valence-corrected chi connectivity index (χ4v) is 7.46. The second-order valence-corrected chi connectivity index (χ2v) is 12.6. The summed E-state index contributed by atoms with van der Waals surface area (Å²) in [5.74, 6) is -1.18. The summed E-state index contributed by atoms with van der Waals surface area (Å²) in [6.07, 6.45) is 9.03. The number of ketones is 1. The summed E-state index contributed by atoms with van der Waals surface area (Å²) < 4.78 is 34.6. The standard InChI is InChI=1S/C29H36F2N4O2S/c1-34-17-23-22(3-2-4-24(23)33-34)26(36)15-20-7-5-19(6-8-20)10-13-35-14-11-27-25(18-35)32-28(38-27)37-21-9-12-29(30,31)16-21/h2-4,17,19-21H,5-16,18H2,1H3. The third-order valence-electron chi connectivity index (χ3n) is 8.67. The molecule has 2 aliphatic carbocycles. The van der Waals surface area contributed by atoms with Crippen LogP contribution in [0.2, 0.25) is 0 Å². The van der Waals surface area contributed by atoms with Gasteiger partial charge in [-0.15, -0.1) is 0 Å². The van der Waals surface area contributed by atoms with Crippen LogP contribution in [-0.4, -0.2) is 50.6 Å². The third kappa shape index (κ3) is 5.78. The minimum Gasteiger partial charge on any atom is -0.466 e. The van der Waals surface area contributed by atoms with Gasteiger partial charge in [-0.1, -0.05) is 36.3 Å². The zero-order valence-corrected chi connectivity index (χ0v) is 22.8. The molecule has 1 unspecified atom stereocenters. The number of hydrogen-bond donors (Lipinski definition) is 0. The van der Waals surface area contributed by atoms with Crippen molar-refractivity contribution < 1.29 is 18.3 Å². The van der Waals surface area contributed by atoms with Crippen LogP contribution >= 0.6 is 11.3 Å². The maximum atomic E-state index is 13.5. The summed E-state index contributed by atoms with van der Waals surface area (Å²) >= 11 is 1.54. The number of ether oxygens (including phenoxy) is 1. The number of benzene rings is 1. The lowest BCUT2D eigenvalue weighted by Gasteiger charge is -2.31. The lowest BCUT2D eigenvalue weighted by molar-refractivity contribution is -0.00108. The Labute approximate surface area is 226 Å². The quantitative estimate of drug-likeness (QED) is 0.307. The number of rotatable bonds is 8. The third-order valence-corrected chi connectivity index (χ3v) is 9.72. The number of aryl methyl sites for hydroxylation is 1. The molecule has 0 N–H and O–H groups in total. The molecular weight excluding hydrogens is 506 g/mol. The van der Waals surface area contributed by atoms with Crippen LogP contribution < -0.4 is 4.74 Å². The summed E-state index contributed by atoms with van der Waals surface area (Å²) in [6.45, 7) is 2.89. The van der Waals surface area contributed by atoms with Crippen LogP contribution in [0, 0.1) is 11.8 Å². The van der Waals surface area contributed by atoms with Crippen LogP contribution in [0.5, 0.6) is 5.19 Å². The molecule has 0 spiro atoms. The highest BCUT2D eigenvalue weighted by Gasteiger charge is 2.41. The lowest BCUT2D eigenvalue weighted by Crippen LogP contribution is -2.32. The number of carbonyl (C=O) groups is 1. The van der Waals surface area contributed by atoms with Gasteiger partial charge in [-0.05, 0) is 56.6 Å². The molecule has 0 amide bonds. The normalized spacial score (nSPS) is 25.5. The van der Waals surface area contributed by atoms with Crippen LogP contribution in [0.3, 0.4) is 0 Å². The van der Waals surface area contributed by atoms with Gasteiger partial charge in [0.1, 0.15) is 6.10 Å². The number of alkyl halides is 2. The van der Waals surface area contributed by atoms with Crippen LogP contribution in [0.15, 0.2) is 24.4 Å². The van der Waals surface area contributed by atoms with Gasteiger partial charge in [0.15, 0.2) is 5.78 Å². The Balaban J connectivity index is 0.946. The van der Waals surface area contributed by atoms with E-state index in [4.69, 9.17) is 4.74 Å². The molecule has 2 aromatic heterocycles. The van der Waals surface area contributed by atoms with E-state index in [1.807, 2.05) is 31.4 Å². The van der Waals surface area contributed by atoms with Gasteiger partial charge in [-0.3, -0.25) is 14.4 Å². The molecule has 3 aliphatic rings. The number of carbonyl (C=O) groups excluding carboxylic acids is 1. The molecule has 3 aromatic rings. The van der Waals surface area contributed by atoms with Crippen molar-refractivity contribution in [1.82, 2.24) is 19.7 Å². The summed E-state index contributed by atoms with van der Waals surface area (Å²) in [5.41, 5.74) is 2.75. The van der Waals surface area contributed by atoms with Crippen molar-refractivity contribution in [1.29, 1.82) is 0 Å². The highest BCUT2D eigenvalue weighted by Crippen LogP contribution is 2.39. The molecule has 0 radical (unpaired) electrons.